The average molecular weight is 417 g/mol. The van der Waals surface area contributed by atoms with Gasteiger partial charge in [-0.3, -0.25) is 14.4 Å². The molecular formula is C26H28N2O3. The van der Waals surface area contributed by atoms with E-state index >= 15 is 0 Å². The molecule has 0 saturated heterocycles. The van der Waals surface area contributed by atoms with Crippen LogP contribution in [-0.2, 0) is 0 Å². The van der Waals surface area contributed by atoms with Gasteiger partial charge in [-0.1, -0.05) is 18.6 Å². The molecule has 5 heteroatoms. The minimum Gasteiger partial charge on any atom is -0.349 e. The molecule has 1 aliphatic heterocycles. The molecular weight excluding hydrogens is 388 g/mol. The lowest BCUT2D eigenvalue weighted by Crippen LogP contribution is -2.40. The standard InChI is InChI=1S/C26H28N2O3/c1-14-4-5-15(2)23(10-14)28-25(30)20-9-8-19(13-22(20)26(28)31)24(29)27-16(3)21-12-17-6-7-18(21)11-17/h4-5,8-10,13,16-18,21H,6-7,11-12H2,1-3H3,(H,27,29). The Morgan fingerprint density at radius 3 is 2.48 bits per heavy atom. The van der Waals surface area contributed by atoms with Gasteiger partial charge in [-0.05, 0) is 93.2 Å². The smallest absolute Gasteiger partial charge is 0.266 e. The van der Waals surface area contributed by atoms with Gasteiger partial charge in [0.25, 0.3) is 17.7 Å². The molecule has 5 nitrogen and oxygen atoms in total. The Balaban J connectivity index is 1.37. The molecule has 2 bridgehead atoms. The van der Waals surface area contributed by atoms with Gasteiger partial charge in [0.15, 0.2) is 0 Å². The van der Waals surface area contributed by atoms with E-state index in [1.54, 1.807) is 18.2 Å². The number of aryl methyl sites for hydroxylation is 2. The number of benzene rings is 2. The predicted molar refractivity (Wildman–Crippen MR) is 119 cm³/mol. The van der Waals surface area contributed by atoms with Crippen LogP contribution in [0.2, 0.25) is 0 Å². The lowest BCUT2D eigenvalue weighted by atomic mass is 9.84. The summed E-state index contributed by atoms with van der Waals surface area (Å²) in [5.74, 6) is 1.21. The first-order valence-electron chi connectivity index (χ1n) is 11.2. The van der Waals surface area contributed by atoms with Crippen LogP contribution in [0.4, 0.5) is 5.69 Å². The zero-order chi connectivity index (χ0) is 21.9. The fourth-order valence-corrected chi connectivity index (χ4v) is 5.86. The van der Waals surface area contributed by atoms with Crippen molar-refractivity contribution in [2.75, 3.05) is 4.90 Å². The molecule has 4 atom stereocenters. The molecule has 1 heterocycles. The fraction of sp³-hybridized carbons (Fsp3) is 0.423. The van der Waals surface area contributed by atoms with E-state index in [0.717, 1.165) is 23.0 Å². The summed E-state index contributed by atoms with van der Waals surface area (Å²) in [6.07, 6.45) is 5.11. The van der Waals surface area contributed by atoms with Crippen LogP contribution in [0.1, 0.15) is 74.8 Å². The molecule has 5 rings (SSSR count). The van der Waals surface area contributed by atoms with E-state index in [-0.39, 0.29) is 23.8 Å². The van der Waals surface area contributed by atoms with Gasteiger partial charge < -0.3 is 5.32 Å². The monoisotopic (exact) mass is 416 g/mol. The molecule has 2 aromatic rings. The van der Waals surface area contributed by atoms with Crippen LogP contribution in [0.5, 0.6) is 0 Å². The van der Waals surface area contributed by atoms with Crippen LogP contribution in [0.3, 0.4) is 0 Å². The van der Waals surface area contributed by atoms with Crippen LogP contribution in [0, 0.1) is 31.6 Å². The molecule has 2 aromatic carbocycles. The fourth-order valence-electron chi connectivity index (χ4n) is 5.86. The molecule has 1 N–H and O–H groups in total. The summed E-state index contributed by atoms with van der Waals surface area (Å²) in [5.41, 5.74) is 3.51. The maximum Gasteiger partial charge on any atom is 0.266 e. The number of amides is 3. The van der Waals surface area contributed by atoms with E-state index in [9.17, 15) is 14.4 Å². The molecule has 0 aromatic heterocycles. The maximum absolute atomic E-state index is 13.1. The molecule has 160 valence electrons. The van der Waals surface area contributed by atoms with Crippen LogP contribution in [-0.4, -0.2) is 23.8 Å². The molecule has 2 saturated carbocycles. The first-order valence-corrected chi connectivity index (χ1v) is 11.2. The molecule has 0 spiro atoms. The van der Waals surface area contributed by atoms with Crippen LogP contribution in [0.15, 0.2) is 36.4 Å². The van der Waals surface area contributed by atoms with Gasteiger partial charge in [-0.15, -0.1) is 0 Å². The number of nitrogens with one attached hydrogen (secondary N) is 1. The third-order valence-corrected chi connectivity index (χ3v) is 7.55. The van der Waals surface area contributed by atoms with Crippen molar-refractivity contribution in [1.82, 2.24) is 5.32 Å². The van der Waals surface area contributed by atoms with Crippen molar-refractivity contribution in [3.63, 3.8) is 0 Å². The van der Waals surface area contributed by atoms with Gasteiger partial charge in [0, 0.05) is 11.6 Å². The number of anilines is 1. The molecule has 4 unspecified atom stereocenters. The zero-order valence-electron chi connectivity index (χ0n) is 18.3. The summed E-state index contributed by atoms with van der Waals surface area (Å²) in [5, 5.41) is 3.15. The lowest BCUT2D eigenvalue weighted by molar-refractivity contribution is 0.0910. The Hall–Kier alpha value is -2.95. The Labute approximate surface area is 182 Å². The van der Waals surface area contributed by atoms with E-state index in [4.69, 9.17) is 0 Å². The van der Waals surface area contributed by atoms with Crippen LogP contribution < -0.4 is 10.2 Å². The number of carbonyl (C=O) groups is 3. The highest BCUT2D eigenvalue weighted by atomic mass is 16.2. The van der Waals surface area contributed by atoms with Crippen molar-refractivity contribution in [3.05, 3.63) is 64.2 Å². The van der Waals surface area contributed by atoms with Gasteiger partial charge in [0.1, 0.15) is 0 Å². The number of rotatable bonds is 4. The van der Waals surface area contributed by atoms with Crippen molar-refractivity contribution < 1.29 is 14.4 Å². The highest BCUT2D eigenvalue weighted by Gasteiger charge is 2.42. The topological polar surface area (TPSA) is 66.5 Å². The van der Waals surface area contributed by atoms with E-state index in [0.29, 0.717) is 28.3 Å². The summed E-state index contributed by atoms with van der Waals surface area (Å²) in [4.78, 5) is 40.3. The summed E-state index contributed by atoms with van der Waals surface area (Å²) >= 11 is 0. The Morgan fingerprint density at radius 1 is 1.00 bits per heavy atom. The first kappa shape index (κ1) is 20.0. The minimum absolute atomic E-state index is 0.111. The summed E-state index contributed by atoms with van der Waals surface area (Å²) in [6, 6.07) is 10.7. The average Bonchev–Trinajstić information content (AvgIpc) is 3.44. The second-order valence-electron chi connectivity index (χ2n) is 9.60. The van der Waals surface area contributed by atoms with Crippen molar-refractivity contribution in [2.24, 2.45) is 17.8 Å². The minimum atomic E-state index is -0.371. The largest absolute Gasteiger partial charge is 0.349 e. The summed E-state index contributed by atoms with van der Waals surface area (Å²) in [7, 11) is 0. The molecule has 0 radical (unpaired) electrons. The maximum atomic E-state index is 13.1. The van der Waals surface area contributed by atoms with Crippen molar-refractivity contribution in [3.8, 4) is 0 Å². The van der Waals surface area contributed by atoms with Crippen LogP contribution >= 0.6 is 0 Å². The van der Waals surface area contributed by atoms with Gasteiger partial charge in [-0.25, -0.2) is 4.90 Å². The SMILES string of the molecule is Cc1ccc(C)c(N2C(=O)c3ccc(C(=O)NC(C)C4CC5CCC4C5)cc3C2=O)c1. The highest BCUT2D eigenvalue weighted by Crippen LogP contribution is 2.49. The third kappa shape index (κ3) is 3.27. The Bertz CT molecular complexity index is 1110. The summed E-state index contributed by atoms with van der Waals surface area (Å²) < 4.78 is 0. The highest BCUT2D eigenvalue weighted by molar-refractivity contribution is 6.35. The Kier molecular flexibility index (Phi) is 4.72. The zero-order valence-corrected chi connectivity index (χ0v) is 18.3. The number of hydrogen-bond acceptors (Lipinski definition) is 3. The van der Waals surface area contributed by atoms with E-state index in [1.165, 1.54) is 30.6 Å². The lowest BCUT2D eigenvalue weighted by Gasteiger charge is -2.28. The quantitative estimate of drug-likeness (QED) is 0.737. The molecule has 3 amide bonds. The Morgan fingerprint density at radius 2 is 1.77 bits per heavy atom. The normalized spacial score (nSPS) is 25.1. The van der Waals surface area contributed by atoms with Crippen molar-refractivity contribution in [1.29, 1.82) is 0 Å². The van der Waals surface area contributed by atoms with Gasteiger partial charge in [0.2, 0.25) is 0 Å². The molecule has 3 aliphatic rings. The molecule has 31 heavy (non-hydrogen) atoms. The van der Waals surface area contributed by atoms with E-state index < -0.39 is 0 Å². The van der Waals surface area contributed by atoms with E-state index in [2.05, 4.69) is 12.2 Å². The number of nitrogens with zero attached hydrogens (tertiary/aromatic N) is 1. The summed E-state index contributed by atoms with van der Waals surface area (Å²) in [6.45, 7) is 5.91. The van der Waals surface area contributed by atoms with Crippen molar-refractivity contribution in [2.45, 2.75) is 52.5 Å². The number of carbonyl (C=O) groups excluding carboxylic acids is 3. The van der Waals surface area contributed by atoms with Crippen LogP contribution in [0.25, 0.3) is 0 Å². The predicted octanol–water partition coefficient (Wildman–Crippen LogP) is 4.66. The number of hydrogen-bond donors (Lipinski definition) is 1. The van der Waals surface area contributed by atoms with Gasteiger partial charge in [-0.2, -0.15) is 0 Å². The number of imide groups is 1. The van der Waals surface area contributed by atoms with E-state index in [1.807, 2.05) is 32.0 Å². The van der Waals surface area contributed by atoms with Gasteiger partial charge >= 0.3 is 0 Å². The van der Waals surface area contributed by atoms with Crippen molar-refractivity contribution >= 4 is 23.4 Å². The third-order valence-electron chi connectivity index (χ3n) is 7.55. The molecule has 2 aliphatic carbocycles. The second kappa shape index (κ2) is 7.33. The second-order valence-corrected chi connectivity index (χ2v) is 9.60. The van der Waals surface area contributed by atoms with Gasteiger partial charge in [0.05, 0.1) is 16.8 Å². The molecule has 2 fully saturated rings. The first-order chi connectivity index (χ1) is 14.8. The number of fused-ring (bicyclic) bond motifs is 3.